The first-order chi connectivity index (χ1) is 13.0. The Hall–Kier alpha value is -2.06. The predicted octanol–water partition coefficient (Wildman–Crippen LogP) is 3.15. The quantitative estimate of drug-likeness (QED) is 0.679. The number of hydrogen-bond acceptors (Lipinski definition) is 5. The van der Waals surface area contributed by atoms with Crippen LogP contribution in [0, 0.1) is 0 Å². The minimum atomic E-state index is -0.609. The number of carbonyl (C=O) groups is 1. The fourth-order valence-electron chi connectivity index (χ4n) is 2.38. The van der Waals surface area contributed by atoms with Gasteiger partial charge in [-0.1, -0.05) is 6.07 Å². The van der Waals surface area contributed by atoms with Gasteiger partial charge in [-0.05, 0) is 45.6 Å². The average Bonchev–Trinajstić information content (AvgIpc) is 3.01. The molecule has 0 unspecified atom stereocenters. The standard InChI is InChI=1S/C20H32N4O3S/c1-20(2,3)22-19(25)15-13-24(14-27-11-12-28(5,6)7)23-18(15)16-9-8-10-17(21-16)26-4/h8-10,13H,11-12,14H2,1-7H3,(H,22,25). The third-order valence-corrected chi connectivity index (χ3v) is 5.13. The Morgan fingerprint density at radius 1 is 1.25 bits per heavy atom. The molecule has 7 nitrogen and oxygen atoms in total. The molecule has 0 radical (unpaired) electrons. The van der Waals surface area contributed by atoms with E-state index in [2.05, 4.69) is 34.2 Å². The zero-order valence-electron chi connectivity index (χ0n) is 17.9. The second kappa shape index (κ2) is 8.96. The van der Waals surface area contributed by atoms with Gasteiger partial charge in [0.1, 0.15) is 12.4 Å². The van der Waals surface area contributed by atoms with Crippen LogP contribution in [0.4, 0.5) is 0 Å². The Bertz CT molecular complexity index is 807. The molecule has 8 heteroatoms. The smallest absolute Gasteiger partial charge is 0.255 e. The fraction of sp³-hybridized carbons (Fsp3) is 0.550. The van der Waals surface area contributed by atoms with Crippen molar-refractivity contribution in [1.82, 2.24) is 20.1 Å². The lowest BCUT2D eigenvalue weighted by molar-refractivity contribution is 0.0808. The van der Waals surface area contributed by atoms with Crippen molar-refractivity contribution in [3.63, 3.8) is 0 Å². The summed E-state index contributed by atoms with van der Waals surface area (Å²) >= 11 is 0. The molecule has 0 atom stereocenters. The van der Waals surface area contributed by atoms with Crippen molar-refractivity contribution in [2.24, 2.45) is 0 Å². The highest BCUT2D eigenvalue weighted by Crippen LogP contribution is 2.33. The molecule has 156 valence electrons. The Morgan fingerprint density at radius 2 is 1.96 bits per heavy atom. The van der Waals surface area contributed by atoms with E-state index in [1.54, 1.807) is 24.1 Å². The molecule has 1 amide bonds. The van der Waals surface area contributed by atoms with Crippen molar-refractivity contribution < 1.29 is 14.3 Å². The topological polar surface area (TPSA) is 78.3 Å². The number of nitrogens with one attached hydrogen (secondary N) is 1. The third-order valence-electron chi connectivity index (χ3n) is 3.73. The number of carbonyl (C=O) groups excluding carboxylic acids is 1. The van der Waals surface area contributed by atoms with E-state index in [9.17, 15) is 4.79 Å². The maximum absolute atomic E-state index is 12.8. The fourth-order valence-corrected chi connectivity index (χ4v) is 3.00. The summed E-state index contributed by atoms with van der Waals surface area (Å²) in [5.74, 6) is 1.30. The van der Waals surface area contributed by atoms with Gasteiger partial charge < -0.3 is 14.8 Å². The highest BCUT2D eigenvalue weighted by atomic mass is 32.3. The Kier molecular flexibility index (Phi) is 7.11. The minimum Gasteiger partial charge on any atom is -0.481 e. The number of methoxy groups -OCH3 is 1. The van der Waals surface area contributed by atoms with Crippen LogP contribution in [0.25, 0.3) is 11.4 Å². The summed E-state index contributed by atoms with van der Waals surface area (Å²) in [6, 6.07) is 5.40. The van der Waals surface area contributed by atoms with E-state index in [-0.39, 0.29) is 18.2 Å². The lowest BCUT2D eigenvalue weighted by atomic mass is 10.1. The van der Waals surface area contributed by atoms with Crippen LogP contribution in [-0.2, 0) is 11.5 Å². The van der Waals surface area contributed by atoms with Crippen molar-refractivity contribution in [3.05, 3.63) is 30.0 Å². The number of aromatic nitrogens is 3. The molecule has 2 heterocycles. The van der Waals surface area contributed by atoms with Crippen LogP contribution in [0.3, 0.4) is 0 Å². The molecule has 2 aromatic heterocycles. The Morgan fingerprint density at radius 3 is 2.57 bits per heavy atom. The van der Waals surface area contributed by atoms with Crippen molar-refractivity contribution in [1.29, 1.82) is 0 Å². The second-order valence-corrected chi connectivity index (χ2v) is 13.1. The number of ether oxygens (including phenoxy) is 2. The molecule has 0 fully saturated rings. The second-order valence-electron chi connectivity index (χ2n) is 8.53. The molecule has 0 aliphatic rings. The lowest BCUT2D eigenvalue weighted by Crippen LogP contribution is -2.40. The van der Waals surface area contributed by atoms with E-state index in [0.717, 1.165) is 5.75 Å². The van der Waals surface area contributed by atoms with E-state index in [0.29, 0.717) is 29.4 Å². The van der Waals surface area contributed by atoms with Crippen LogP contribution in [0.5, 0.6) is 5.88 Å². The normalized spacial score (nSPS) is 12.7. The molecule has 1 N–H and O–H groups in total. The Labute approximate surface area is 169 Å². The average molecular weight is 409 g/mol. The summed E-state index contributed by atoms with van der Waals surface area (Å²) in [5.41, 5.74) is 1.19. The highest BCUT2D eigenvalue weighted by molar-refractivity contribution is 8.32. The van der Waals surface area contributed by atoms with E-state index in [1.165, 1.54) is 0 Å². The summed E-state index contributed by atoms with van der Waals surface area (Å²) in [7, 11) is 0.950. The summed E-state index contributed by atoms with van der Waals surface area (Å²) in [4.78, 5) is 17.3. The van der Waals surface area contributed by atoms with Gasteiger partial charge in [-0.15, -0.1) is 0 Å². The number of rotatable bonds is 8. The maximum Gasteiger partial charge on any atom is 0.255 e. The van der Waals surface area contributed by atoms with Crippen molar-refractivity contribution >= 4 is 15.9 Å². The molecule has 2 aromatic rings. The zero-order valence-corrected chi connectivity index (χ0v) is 18.7. The van der Waals surface area contributed by atoms with Gasteiger partial charge in [0.25, 0.3) is 5.91 Å². The molecule has 2 rings (SSSR count). The van der Waals surface area contributed by atoms with Gasteiger partial charge in [0, 0.05) is 23.6 Å². The van der Waals surface area contributed by atoms with Gasteiger partial charge in [-0.25, -0.2) is 19.7 Å². The molecule has 28 heavy (non-hydrogen) atoms. The lowest BCUT2D eigenvalue weighted by Gasteiger charge is -2.24. The SMILES string of the molecule is COc1cccc(-c2nn(COCCS(C)(C)C)cc2C(=O)NC(C)(C)C)n1. The predicted molar refractivity (Wildman–Crippen MR) is 115 cm³/mol. The van der Waals surface area contributed by atoms with Crippen LogP contribution in [0.2, 0.25) is 0 Å². The largest absolute Gasteiger partial charge is 0.481 e. The molecule has 0 aliphatic heterocycles. The van der Waals surface area contributed by atoms with Crippen molar-refractivity contribution in [2.45, 2.75) is 33.0 Å². The molecule has 0 spiro atoms. The number of hydrogen-bond donors (Lipinski definition) is 1. The van der Waals surface area contributed by atoms with Crippen LogP contribution >= 0.6 is 10.0 Å². The summed E-state index contributed by atoms with van der Waals surface area (Å²) in [5, 5.41) is 7.55. The van der Waals surface area contributed by atoms with E-state index < -0.39 is 10.0 Å². The monoisotopic (exact) mass is 408 g/mol. The van der Waals surface area contributed by atoms with Gasteiger partial charge in [-0.2, -0.15) is 5.10 Å². The van der Waals surface area contributed by atoms with Gasteiger partial charge in [-0.3, -0.25) is 4.79 Å². The molecular weight excluding hydrogens is 376 g/mol. The summed E-state index contributed by atoms with van der Waals surface area (Å²) in [6.45, 7) is 6.77. The van der Waals surface area contributed by atoms with Crippen LogP contribution in [0.15, 0.2) is 24.4 Å². The Balaban J connectivity index is 2.27. The number of nitrogens with zero attached hydrogens (tertiary/aromatic N) is 3. The van der Waals surface area contributed by atoms with Crippen molar-refractivity contribution in [3.8, 4) is 17.3 Å². The van der Waals surface area contributed by atoms with E-state index in [4.69, 9.17) is 9.47 Å². The van der Waals surface area contributed by atoms with Gasteiger partial charge in [0.15, 0.2) is 0 Å². The molecule has 0 bridgehead atoms. The van der Waals surface area contributed by atoms with Crippen molar-refractivity contribution in [2.75, 3.05) is 38.2 Å². The summed E-state index contributed by atoms with van der Waals surface area (Å²) in [6.07, 6.45) is 8.48. The highest BCUT2D eigenvalue weighted by Gasteiger charge is 2.23. The minimum absolute atomic E-state index is 0.197. The molecule has 0 aliphatic carbocycles. The first-order valence-corrected chi connectivity index (χ1v) is 12.2. The molecule has 0 aromatic carbocycles. The van der Waals surface area contributed by atoms with Gasteiger partial charge in [0.2, 0.25) is 5.88 Å². The molecule has 0 saturated heterocycles. The number of pyridine rings is 1. The third kappa shape index (κ3) is 6.83. The first-order valence-electron chi connectivity index (χ1n) is 9.14. The number of amides is 1. The van der Waals surface area contributed by atoms with E-state index in [1.807, 2.05) is 32.9 Å². The van der Waals surface area contributed by atoms with Gasteiger partial charge >= 0.3 is 0 Å². The van der Waals surface area contributed by atoms with Crippen LogP contribution in [0.1, 0.15) is 31.1 Å². The van der Waals surface area contributed by atoms with Gasteiger partial charge in [0.05, 0.1) is 25.0 Å². The van der Waals surface area contributed by atoms with Crippen LogP contribution in [-0.4, -0.2) is 64.4 Å². The molecular formula is C20H32N4O3S. The maximum atomic E-state index is 12.8. The first kappa shape index (κ1) is 22.2. The summed E-state index contributed by atoms with van der Waals surface area (Å²) < 4.78 is 12.6. The van der Waals surface area contributed by atoms with E-state index >= 15 is 0 Å². The van der Waals surface area contributed by atoms with Crippen LogP contribution < -0.4 is 10.1 Å². The molecule has 0 saturated carbocycles. The zero-order chi connectivity index (χ0) is 20.9.